The minimum absolute atomic E-state index is 0.0141. The Bertz CT molecular complexity index is 818. The van der Waals surface area contributed by atoms with E-state index in [1.807, 2.05) is 0 Å². The molecule has 0 bridgehead atoms. The van der Waals surface area contributed by atoms with Crippen LogP contribution in [0, 0.1) is 0 Å². The van der Waals surface area contributed by atoms with E-state index in [0.29, 0.717) is 17.7 Å². The van der Waals surface area contributed by atoms with Gasteiger partial charge in [-0.3, -0.25) is 9.59 Å². The summed E-state index contributed by atoms with van der Waals surface area (Å²) in [6.07, 6.45) is 2.40. The summed E-state index contributed by atoms with van der Waals surface area (Å²) in [5, 5.41) is 14.6. The first-order valence-electron chi connectivity index (χ1n) is 8.06. The van der Waals surface area contributed by atoms with Crippen molar-refractivity contribution in [3.8, 4) is 0 Å². The summed E-state index contributed by atoms with van der Waals surface area (Å²) in [5.41, 5.74) is 0.989. The van der Waals surface area contributed by atoms with Crippen molar-refractivity contribution in [2.75, 3.05) is 5.32 Å². The highest BCUT2D eigenvalue weighted by molar-refractivity contribution is 6.04. The molecule has 1 saturated carbocycles. The zero-order chi connectivity index (χ0) is 18.0. The van der Waals surface area contributed by atoms with Gasteiger partial charge in [-0.15, -0.1) is 0 Å². The molecule has 1 fully saturated rings. The zero-order valence-corrected chi connectivity index (χ0v) is 13.7. The number of hydrogen-bond donors (Lipinski definition) is 3. The lowest BCUT2D eigenvalue weighted by atomic mass is 10.2. The van der Waals surface area contributed by atoms with Crippen LogP contribution in [0.4, 0.5) is 5.69 Å². The molecule has 2 aromatic rings. The normalized spacial score (nSPS) is 13.3. The van der Waals surface area contributed by atoms with Gasteiger partial charge in [0.25, 0.3) is 11.8 Å². The number of carboxylic acid groups (broad SMARTS) is 1. The lowest BCUT2D eigenvalue weighted by molar-refractivity contribution is 0.0694. The Morgan fingerprint density at radius 1 is 1.16 bits per heavy atom. The Kier molecular flexibility index (Phi) is 4.56. The third-order valence-corrected chi connectivity index (χ3v) is 3.90. The summed E-state index contributed by atoms with van der Waals surface area (Å²) in [4.78, 5) is 35.3. The Morgan fingerprint density at radius 2 is 1.84 bits per heavy atom. The summed E-state index contributed by atoms with van der Waals surface area (Å²) in [5.74, 6) is -1.62. The van der Waals surface area contributed by atoms with Gasteiger partial charge in [-0.05, 0) is 37.1 Å². The van der Waals surface area contributed by atoms with E-state index in [-0.39, 0.29) is 29.0 Å². The third kappa shape index (κ3) is 3.88. The van der Waals surface area contributed by atoms with E-state index in [1.165, 1.54) is 6.07 Å². The predicted octanol–water partition coefficient (Wildman–Crippen LogP) is 2.68. The van der Waals surface area contributed by atoms with E-state index < -0.39 is 11.9 Å². The number of nitrogens with one attached hydrogen (secondary N) is 2. The van der Waals surface area contributed by atoms with Gasteiger partial charge < -0.3 is 20.2 Å². The highest BCUT2D eigenvalue weighted by Gasteiger charge is 2.24. The summed E-state index contributed by atoms with van der Waals surface area (Å²) >= 11 is 0. The number of carbonyl (C=O) groups excluding carboxylic acids is 2. The van der Waals surface area contributed by atoms with Crippen molar-refractivity contribution >= 4 is 23.5 Å². The molecule has 130 valence electrons. The van der Waals surface area contributed by atoms with Gasteiger partial charge in [0.05, 0.1) is 0 Å². The standard InChI is InChI=1S/C18H18N2O5/c1-2-14-13(18(23)24)9-15(25-14)17(22)20-11-5-3-10(4-6-11)16(21)19-12-7-8-12/h3-6,9,12H,2,7-8H2,1H3,(H,19,21)(H,20,22)(H,23,24). The van der Waals surface area contributed by atoms with Gasteiger partial charge in [0.15, 0.2) is 5.76 Å². The quantitative estimate of drug-likeness (QED) is 0.748. The summed E-state index contributed by atoms with van der Waals surface area (Å²) in [6, 6.07) is 7.96. The Hall–Kier alpha value is -3.09. The molecule has 3 rings (SSSR count). The number of furan rings is 1. The summed E-state index contributed by atoms with van der Waals surface area (Å²) in [7, 11) is 0. The first-order chi connectivity index (χ1) is 12.0. The van der Waals surface area contributed by atoms with Crippen LogP contribution in [0.3, 0.4) is 0 Å². The highest BCUT2D eigenvalue weighted by Crippen LogP contribution is 2.20. The number of carbonyl (C=O) groups is 3. The second-order valence-electron chi connectivity index (χ2n) is 5.89. The van der Waals surface area contributed by atoms with Gasteiger partial charge in [-0.1, -0.05) is 6.92 Å². The molecule has 1 aliphatic rings. The zero-order valence-electron chi connectivity index (χ0n) is 13.7. The van der Waals surface area contributed by atoms with Gasteiger partial charge in [-0.2, -0.15) is 0 Å². The van der Waals surface area contributed by atoms with Crippen LogP contribution in [0.25, 0.3) is 0 Å². The van der Waals surface area contributed by atoms with E-state index in [0.717, 1.165) is 12.8 Å². The second-order valence-corrected chi connectivity index (χ2v) is 5.89. The second kappa shape index (κ2) is 6.80. The van der Waals surface area contributed by atoms with E-state index in [9.17, 15) is 14.4 Å². The summed E-state index contributed by atoms with van der Waals surface area (Å²) < 4.78 is 5.31. The van der Waals surface area contributed by atoms with E-state index >= 15 is 0 Å². The molecule has 3 N–H and O–H groups in total. The molecule has 7 heteroatoms. The van der Waals surface area contributed by atoms with Crippen LogP contribution in [0.1, 0.15) is 56.8 Å². The molecule has 0 aliphatic heterocycles. The number of anilines is 1. The van der Waals surface area contributed by atoms with Crippen LogP contribution >= 0.6 is 0 Å². The maximum absolute atomic E-state index is 12.2. The van der Waals surface area contributed by atoms with Crippen molar-refractivity contribution in [2.45, 2.75) is 32.2 Å². The molecular weight excluding hydrogens is 324 g/mol. The topological polar surface area (TPSA) is 109 Å². The molecule has 1 aromatic heterocycles. The number of benzene rings is 1. The molecule has 0 spiro atoms. The van der Waals surface area contributed by atoms with Crippen LogP contribution in [0.15, 0.2) is 34.7 Å². The average Bonchev–Trinajstić information content (AvgIpc) is 3.29. The highest BCUT2D eigenvalue weighted by atomic mass is 16.4. The maximum Gasteiger partial charge on any atom is 0.339 e. The first kappa shape index (κ1) is 16.8. The molecule has 25 heavy (non-hydrogen) atoms. The van der Waals surface area contributed by atoms with Crippen molar-refractivity contribution in [1.82, 2.24) is 5.32 Å². The Labute approximate surface area is 144 Å². The largest absolute Gasteiger partial charge is 0.478 e. The molecule has 7 nitrogen and oxygen atoms in total. The van der Waals surface area contributed by atoms with E-state index in [4.69, 9.17) is 9.52 Å². The van der Waals surface area contributed by atoms with Crippen molar-refractivity contribution in [3.05, 3.63) is 53.0 Å². The molecule has 1 heterocycles. The monoisotopic (exact) mass is 342 g/mol. The SMILES string of the molecule is CCc1oc(C(=O)Nc2ccc(C(=O)NC3CC3)cc2)cc1C(=O)O. The Balaban J connectivity index is 1.68. The van der Waals surface area contributed by atoms with Crippen LogP contribution in [-0.4, -0.2) is 28.9 Å². The van der Waals surface area contributed by atoms with Crippen LogP contribution in [-0.2, 0) is 6.42 Å². The molecule has 0 saturated heterocycles. The van der Waals surface area contributed by atoms with Crippen LogP contribution in [0.2, 0.25) is 0 Å². The maximum atomic E-state index is 12.2. The first-order valence-corrected chi connectivity index (χ1v) is 8.06. The van der Waals surface area contributed by atoms with E-state index in [1.54, 1.807) is 31.2 Å². The molecular formula is C18H18N2O5. The lowest BCUT2D eigenvalue weighted by Gasteiger charge is -2.06. The number of aromatic carboxylic acids is 1. The van der Waals surface area contributed by atoms with E-state index in [2.05, 4.69) is 10.6 Å². The number of rotatable bonds is 6. The van der Waals surface area contributed by atoms with Crippen molar-refractivity contribution < 1.29 is 23.9 Å². The molecule has 1 aromatic carbocycles. The minimum atomic E-state index is -1.13. The van der Waals surface area contributed by atoms with Gasteiger partial charge in [0, 0.05) is 29.8 Å². The number of aryl methyl sites for hydroxylation is 1. The smallest absolute Gasteiger partial charge is 0.339 e. The average molecular weight is 342 g/mol. The molecule has 1 aliphatic carbocycles. The van der Waals surface area contributed by atoms with Gasteiger partial charge in [0.1, 0.15) is 11.3 Å². The third-order valence-electron chi connectivity index (χ3n) is 3.90. The fourth-order valence-corrected chi connectivity index (χ4v) is 2.38. The Morgan fingerprint density at radius 3 is 2.36 bits per heavy atom. The number of carboxylic acids is 1. The fourth-order valence-electron chi connectivity index (χ4n) is 2.38. The van der Waals surface area contributed by atoms with Gasteiger partial charge >= 0.3 is 5.97 Å². The number of amides is 2. The van der Waals surface area contributed by atoms with Crippen LogP contribution in [0.5, 0.6) is 0 Å². The van der Waals surface area contributed by atoms with Crippen molar-refractivity contribution in [3.63, 3.8) is 0 Å². The van der Waals surface area contributed by atoms with Crippen molar-refractivity contribution in [1.29, 1.82) is 0 Å². The van der Waals surface area contributed by atoms with Crippen LogP contribution < -0.4 is 10.6 Å². The summed E-state index contributed by atoms with van der Waals surface area (Å²) in [6.45, 7) is 1.75. The molecule has 0 unspecified atom stereocenters. The van der Waals surface area contributed by atoms with Gasteiger partial charge in [0.2, 0.25) is 0 Å². The molecule has 0 radical (unpaired) electrons. The lowest BCUT2D eigenvalue weighted by Crippen LogP contribution is -2.25. The predicted molar refractivity (Wildman–Crippen MR) is 89.9 cm³/mol. The number of hydrogen-bond acceptors (Lipinski definition) is 4. The minimum Gasteiger partial charge on any atom is -0.478 e. The fraction of sp³-hybridized carbons (Fsp3) is 0.278. The molecule has 2 amide bonds. The van der Waals surface area contributed by atoms with Gasteiger partial charge in [-0.25, -0.2) is 4.79 Å². The van der Waals surface area contributed by atoms with Crippen molar-refractivity contribution in [2.24, 2.45) is 0 Å². The molecule has 0 atom stereocenters.